The van der Waals surface area contributed by atoms with Crippen molar-refractivity contribution in [3.8, 4) is 0 Å². The van der Waals surface area contributed by atoms with Crippen LogP contribution in [0.1, 0.15) is 265 Å². The highest BCUT2D eigenvalue weighted by molar-refractivity contribution is 5.71. The highest BCUT2D eigenvalue weighted by atomic mass is 16.6. The molecule has 0 aliphatic heterocycles. The molecule has 354 valence electrons. The van der Waals surface area contributed by atoms with Gasteiger partial charge < -0.3 is 14.2 Å². The first-order valence-corrected chi connectivity index (χ1v) is 26.1. The normalized spacial score (nSPS) is 12.4. The quantitative estimate of drug-likeness (QED) is 0.0263. The number of rotatable bonds is 47. The van der Waals surface area contributed by atoms with Crippen molar-refractivity contribution in [2.75, 3.05) is 13.2 Å². The molecule has 0 aliphatic carbocycles. The van der Waals surface area contributed by atoms with Crippen LogP contribution < -0.4 is 0 Å². The van der Waals surface area contributed by atoms with Crippen LogP contribution in [0.3, 0.4) is 0 Å². The second kappa shape index (κ2) is 50.0. The van der Waals surface area contributed by atoms with Gasteiger partial charge in [0, 0.05) is 19.3 Å². The molecule has 0 bridgehead atoms. The fourth-order valence-corrected chi connectivity index (χ4v) is 7.39. The smallest absolute Gasteiger partial charge is 0.306 e. The standard InChI is InChI=1S/C55H98O6/c1-4-7-10-13-16-19-21-23-25-26-27-28-30-31-33-36-39-42-45-48-54(57)60-51-52(50-59-53(56)47-44-41-38-35-18-15-12-9-6-3)61-55(58)49-46-43-40-37-34-32-29-24-22-20-17-14-11-8-5-2/h7,10,16,19-20,22-23,25,52H,4-6,8-9,11-15,17-18,21,24,26-51H2,1-3H3/b10-7-,19-16-,22-20-,25-23-. The maximum atomic E-state index is 12.8. The summed E-state index contributed by atoms with van der Waals surface area (Å²) >= 11 is 0. The van der Waals surface area contributed by atoms with Crippen LogP contribution in [0.15, 0.2) is 48.6 Å². The summed E-state index contributed by atoms with van der Waals surface area (Å²) in [5.41, 5.74) is 0. The van der Waals surface area contributed by atoms with E-state index in [0.29, 0.717) is 19.3 Å². The lowest BCUT2D eigenvalue weighted by molar-refractivity contribution is -0.167. The molecular formula is C55H98O6. The van der Waals surface area contributed by atoms with Crippen LogP contribution in [0.4, 0.5) is 0 Å². The van der Waals surface area contributed by atoms with Gasteiger partial charge in [-0.3, -0.25) is 14.4 Å². The van der Waals surface area contributed by atoms with Gasteiger partial charge in [-0.1, -0.05) is 217 Å². The lowest BCUT2D eigenvalue weighted by Gasteiger charge is -2.18. The van der Waals surface area contributed by atoms with E-state index < -0.39 is 6.10 Å². The molecule has 0 radical (unpaired) electrons. The zero-order chi connectivity index (χ0) is 44.4. The van der Waals surface area contributed by atoms with E-state index in [4.69, 9.17) is 14.2 Å². The summed E-state index contributed by atoms with van der Waals surface area (Å²) in [6, 6.07) is 0. The second-order valence-electron chi connectivity index (χ2n) is 17.4. The van der Waals surface area contributed by atoms with E-state index >= 15 is 0 Å². The molecule has 6 nitrogen and oxygen atoms in total. The molecule has 0 aromatic carbocycles. The predicted molar refractivity (Wildman–Crippen MR) is 261 cm³/mol. The van der Waals surface area contributed by atoms with Gasteiger partial charge in [0.15, 0.2) is 6.10 Å². The van der Waals surface area contributed by atoms with Crippen molar-refractivity contribution in [3.05, 3.63) is 48.6 Å². The van der Waals surface area contributed by atoms with E-state index in [2.05, 4.69) is 69.4 Å². The summed E-state index contributed by atoms with van der Waals surface area (Å²) in [4.78, 5) is 37.9. The second-order valence-corrected chi connectivity index (χ2v) is 17.4. The Bertz CT molecular complexity index is 1070. The van der Waals surface area contributed by atoms with Crippen molar-refractivity contribution in [1.29, 1.82) is 0 Å². The lowest BCUT2D eigenvalue weighted by atomic mass is 10.1. The zero-order valence-corrected chi connectivity index (χ0v) is 40.4. The van der Waals surface area contributed by atoms with Gasteiger partial charge in [-0.15, -0.1) is 0 Å². The SMILES string of the molecule is CC/C=C\C/C=C\C/C=C\CCCCCCCCCCCC(=O)OCC(COC(=O)CCCCCCCCCCC)OC(=O)CCCCCCCCC/C=C\CCCCCC. The Labute approximate surface area is 378 Å². The van der Waals surface area contributed by atoms with Crippen LogP contribution in [-0.4, -0.2) is 37.2 Å². The maximum absolute atomic E-state index is 12.8. The molecule has 0 saturated heterocycles. The summed E-state index contributed by atoms with van der Waals surface area (Å²) in [6.45, 7) is 6.50. The molecule has 0 N–H and O–H groups in total. The molecule has 1 atom stereocenters. The summed E-state index contributed by atoms with van der Waals surface area (Å²) in [5, 5.41) is 0. The third-order valence-electron chi connectivity index (χ3n) is 11.3. The number of carbonyl (C=O) groups is 3. The van der Waals surface area contributed by atoms with E-state index in [-0.39, 0.29) is 31.1 Å². The Morgan fingerprint density at radius 2 is 0.639 bits per heavy atom. The average Bonchev–Trinajstić information content (AvgIpc) is 3.26. The van der Waals surface area contributed by atoms with E-state index in [1.165, 1.54) is 148 Å². The first kappa shape index (κ1) is 58.4. The van der Waals surface area contributed by atoms with Gasteiger partial charge in [0.1, 0.15) is 13.2 Å². The van der Waals surface area contributed by atoms with Gasteiger partial charge >= 0.3 is 17.9 Å². The van der Waals surface area contributed by atoms with E-state index in [1.807, 2.05) is 0 Å². The third kappa shape index (κ3) is 48.3. The highest BCUT2D eigenvalue weighted by Crippen LogP contribution is 2.15. The van der Waals surface area contributed by atoms with Gasteiger partial charge in [0.2, 0.25) is 0 Å². The Morgan fingerprint density at radius 1 is 0.344 bits per heavy atom. The van der Waals surface area contributed by atoms with Crippen molar-refractivity contribution in [2.45, 2.75) is 271 Å². The number of hydrogen-bond acceptors (Lipinski definition) is 6. The molecule has 6 heteroatoms. The van der Waals surface area contributed by atoms with Gasteiger partial charge in [-0.05, 0) is 77.0 Å². The predicted octanol–water partition coefficient (Wildman–Crippen LogP) is 17.1. The fourth-order valence-electron chi connectivity index (χ4n) is 7.39. The molecule has 0 aromatic heterocycles. The topological polar surface area (TPSA) is 78.9 Å². The van der Waals surface area contributed by atoms with Crippen LogP contribution >= 0.6 is 0 Å². The molecule has 61 heavy (non-hydrogen) atoms. The molecule has 0 amide bonds. The van der Waals surface area contributed by atoms with E-state index in [1.54, 1.807) is 0 Å². The zero-order valence-electron chi connectivity index (χ0n) is 40.4. The van der Waals surface area contributed by atoms with Gasteiger partial charge in [0.05, 0.1) is 0 Å². The lowest BCUT2D eigenvalue weighted by Crippen LogP contribution is -2.30. The first-order chi connectivity index (χ1) is 30.0. The number of carbonyl (C=O) groups excluding carboxylic acids is 3. The van der Waals surface area contributed by atoms with Gasteiger partial charge in [0.25, 0.3) is 0 Å². The molecule has 1 unspecified atom stereocenters. The Morgan fingerprint density at radius 3 is 1.03 bits per heavy atom. The number of ether oxygens (including phenoxy) is 3. The summed E-state index contributed by atoms with van der Waals surface area (Å²) in [5.74, 6) is -0.880. The van der Waals surface area contributed by atoms with Gasteiger partial charge in [-0.25, -0.2) is 0 Å². The molecule has 0 heterocycles. The molecule has 0 saturated carbocycles. The highest BCUT2D eigenvalue weighted by Gasteiger charge is 2.19. The fraction of sp³-hybridized carbons (Fsp3) is 0.800. The molecule has 0 aromatic rings. The Hall–Kier alpha value is -2.63. The monoisotopic (exact) mass is 855 g/mol. The van der Waals surface area contributed by atoms with E-state index in [0.717, 1.165) is 77.0 Å². The van der Waals surface area contributed by atoms with E-state index in [9.17, 15) is 14.4 Å². The minimum absolute atomic E-state index is 0.0744. The largest absolute Gasteiger partial charge is 0.462 e. The van der Waals surface area contributed by atoms with Crippen LogP contribution in [0.5, 0.6) is 0 Å². The third-order valence-corrected chi connectivity index (χ3v) is 11.3. The first-order valence-electron chi connectivity index (χ1n) is 26.1. The van der Waals surface area contributed by atoms with Crippen LogP contribution in [0, 0.1) is 0 Å². The minimum Gasteiger partial charge on any atom is -0.462 e. The Balaban J connectivity index is 4.29. The number of allylic oxidation sites excluding steroid dienone is 8. The number of unbranched alkanes of at least 4 members (excludes halogenated alkanes) is 28. The minimum atomic E-state index is -0.773. The Kier molecular flexibility index (Phi) is 47.9. The molecule has 0 spiro atoms. The van der Waals surface area contributed by atoms with Gasteiger partial charge in [-0.2, -0.15) is 0 Å². The van der Waals surface area contributed by atoms with Crippen molar-refractivity contribution in [2.24, 2.45) is 0 Å². The summed E-state index contributed by atoms with van der Waals surface area (Å²) in [7, 11) is 0. The van der Waals surface area contributed by atoms with Crippen molar-refractivity contribution >= 4 is 17.9 Å². The van der Waals surface area contributed by atoms with Crippen molar-refractivity contribution in [1.82, 2.24) is 0 Å². The average molecular weight is 855 g/mol. The summed E-state index contributed by atoms with van der Waals surface area (Å²) < 4.78 is 16.8. The molecule has 0 aliphatic rings. The summed E-state index contributed by atoms with van der Waals surface area (Å²) in [6.07, 6.45) is 59.5. The van der Waals surface area contributed by atoms with Crippen LogP contribution in [0.25, 0.3) is 0 Å². The molecular weight excluding hydrogens is 757 g/mol. The maximum Gasteiger partial charge on any atom is 0.306 e. The molecule has 0 fully saturated rings. The number of hydrogen-bond donors (Lipinski definition) is 0. The van der Waals surface area contributed by atoms with Crippen molar-refractivity contribution < 1.29 is 28.6 Å². The molecule has 0 rings (SSSR count). The van der Waals surface area contributed by atoms with Crippen molar-refractivity contribution in [3.63, 3.8) is 0 Å². The van der Waals surface area contributed by atoms with Crippen LogP contribution in [-0.2, 0) is 28.6 Å². The number of esters is 3. The van der Waals surface area contributed by atoms with Crippen LogP contribution in [0.2, 0.25) is 0 Å².